The molecule has 0 amide bonds. The van der Waals surface area contributed by atoms with Crippen LogP contribution < -0.4 is 0 Å². The zero-order valence-corrected chi connectivity index (χ0v) is 27.3. The number of pyridine rings is 1. The van der Waals surface area contributed by atoms with Crippen molar-refractivity contribution in [2.24, 2.45) is 0 Å². The van der Waals surface area contributed by atoms with Gasteiger partial charge in [0.15, 0.2) is 11.6 Å². The Balaban J connectivity index is 1.27. The standard InChI is InChI=1S/C41H22N6S2/c1-3-11-23(12-4-1)33-32-35-38(49-41(32)46-39(45-33)24-13-5-2-6-14-24)40(44-22-43-35)47-30-17-9-7-15-25(30)29-21-42-34-28(36(29)47)20-19-27-26-16-8-10-18-31(26)48-37(27)34/h1-22H. The SMILES string of the molecule is c1ccc(-c2nc(-c3ccccc3)c3c(n2)sc2c(-n4c5ccccc5c5cnc6c(ccc7c8ccccc8sc76)c54)ncnc23)cc1. The van der Waals surface area contributed by atoms with Crippen molar-refractivity contribution in [3.05, 3.63) is 134 Å². The molecule has 0 N–H and O–H groups in total. The van der Waals surface area contributed by atoms with Gasteiger partial charge in [-0.25, -0.2) is 19.9 Å². The van der Waals surface area contributed by atoms with Crippen molar-refractivity contribution in [3.8, 4) is 28.5 Å². The Morgan fingerprint density at radius 3 is 2.10 bits per heavy atom. The van der Waals surface area contributed by atoms with Crippen LogP contribution in [0.15, 0.2) is 134 Å². The molecule has 49 heavy (non-hydrogen) atoms. The molecule has 0 unspecified atom stereocenters. The monoisotopic (exact) mass is 662 g/mol. The van der Waals surface area contributed by atoms with Crippen LogP contribution in [0.1, 0.15) is 0 Å². The number of hydrogen-bond donors (Lipinski definition) is 0. The summed E-state index contributed by atoms with van der Waals surface area (Å²) in [4.78, 5) is 26.2. The third-order valence-electron chi connectivity index (χ3n) is 9.40. The first kappa shape index (κ1) is 26.9. The summed E-state index contributed by atoms with van der Waals surface area (Å²) in [7, 11) is 0. The van der Waals surface area contributed by atoms with Gasteiger partial charge in [-0.2, -0.15) is 0 Å². The van der Waals surface area contributed by atoms with Gasteiger partial charge < -0.3 is 0 Å². The molecule has 0 saturated carbocycles. The van der Waals surface area contributed by atoms with Gasteiger partial charge in [-0.05, 0) is 18.2 Å². The number of para-hydroxylation sites is 1. The molecule has 0 atom stereocenters. The number of hydrogen-bond acceptors (Lipinski definition) is 7. The van der Waals surface area contributed by atoms with Crippen molar-refractivity contribution >= 4 is 96.0 Å². The van der Waals surface area contributed by atoms with Crippen molar-refractivity contribution in [2.75, 3.05) is 0 Å². The van der Waals surface area contributed by atoms with Crippen molar-refractivity contribution in [2.45, 2.75) is 0 Å². The maximum Gasteiger partial charge on any atom is 0.161 e. The van der Waals surface area contributed by atoms with Crippen LogP contribution in [0.3, 0.4) is 0 Å². The Morgan fingerprint density at radius 1 is 0.510 bits per heavy atom. The van der Waals surface area contributed by atoms with Crippen LogP contribution in [0.4, 0.5) is 0 Å². The van der Waals surface area contributed by atoms with Crippen LogP contribution in [0, 0.1) is 0 Å². The first-order valence-electron chi connectivity index (χ1n) is 16.0. The molecule has 5 aromatic carbocycles. The number of aromatic nitrogens is 6. The summed E-state index contributed by atoms with van der Waals surface area (Å²) in [6, 6.07) is 42.1. The normalized spacial score (nSPS) is 12.1. The van der Waals surface area contributed by atoms with Crippen LogP contribution in [0.5, 0.6) is 0 Å². The van der Waals surface area contributed by atoms with Gasteiger partial charge in [0, 0.05) is 49.0 Å². The predicted octanol–water partition coefficient (Wildman–Crippen LogP) is 11.0. The van der Waals surface area contributed by atoms with Crippen molar-refractivity contribution in [1.82, 2.24) is 29.5 Å². The molecule has 0 saturated heterocycles. The van der Waals surface area contributed by atoms with E-state index in [9.17, 15) is 0 Å². The summed E-state index contributed by atoms with van der Waals surface area (Å²) < 4.78 is 5.73. The number of rotatable bonds is 3. The van der Waals surface area contributed by atoms with Gasteiger partial charge in [0.1, 0.15) is 11.2 Å². The molecule has 0 bridgehead atoms. The van der Waals surface area contributed by atoms with E-state index in [4.69, 9.17) is 24.9 Å². The third-order valence-corrected chi connectivity index (χ3v) is 11.7. The predicted molar refractivity (Wildman–Crippen MR) is 204 cm³/mol. The fourth-order valence-electron chi connectivity index (χ4n) is 7.25. The lowest BCUT2D eigenvalue weighted by Crippen LogP contribution is -1.99. The number of nitrogens with zero attached hydrogens (tertiary/aromatic N) is 6. The lowest BCUT2D eigenvalue weighted by molar-refractivity contribution is 1.08. The molecule has 11 rings (SSSR count). The second kappa shape index (κ2) is 10.2. The summed E-state index contributed by atoms with van der Waals surface area (Å²) >= 11 is 3.42. The van der Waals surface area contributed by atoms with E-state index in [0.29, 0.717) is 5.82 Å². The molecule has 8 heteroatoms. The number of thiophene rings is 2. The fourth-order valence-corrected chi connectivity index (χ4v) is 9.55. The maximum atomic E-state index is 5.17. The second-order valence-corrected chi connectivity index (χ2v) is 14.1. The molecule has 11 aromatic rings. The van der Waals surface area contributed by atoms with Crippen LogP contribution >= 0.6 is 22.7 Å². The van der Waals surface area contributed by atoms with Crippen LogP contribution in [-0.4, -0.2) is 29.5 Å². The average Bonchev–Trinajstić information content (AvgIpc) is 3.85. The van der Waals surface area contributed by atoms with Gasteiger partial charge >= 0.3 is 0 Å². The van der Waals surface area contributed by atoms with Gasteiger partial charge in [-0.15, -0.1) is 22.7 Å². The molecule has 0 spiro atoms. The van der Waals surface area contributed by atoms with Crippen LogP contribution in [0.2, 0.25) is 0 Å². The highest BCUT2D eigenvalue weighted by Gasteiger charge is 2.24. The van der Waals surface area contributed by atoms with E-state index in [2.05, 4.69) is 89.5 Å². The lowest BCUT2D eigenvalue weighted by Gasteiger charge is -2.10. The van der Waals surface area contributed by atoms with Crippen molar-refractivity contribution in [1.29, 1.82) is 0 Å². The molecular weight excluding hydrogens is 641 g/mol. The molecule has 0 fully saturated rings. The Labute approximate surface area is 286 Å². The highest BCUT2D eigenvalue weighted by molar-refractivity contribution is 7.26. The minimum atomic E-state index is 0.689. The quantitative estimate of drug-likeness (QED) is 0.188. The highest BCUT2D eigenvalue weighted by atomic mass is 32.1. The smallest absolute Gasteiger partial charge is 0.161 e. The van der Waals surface area contributed by atoms with Gasteiger partial charge in [0.2, 0.25) is 0 Å². The third kappa shape index (κ3) is 3.84. The largest absolute Gasteiger partial charge is 0.292 e. The van der Waals surface area contributed by atoms with E-state index in [1.54, 1.807) is 29.0 Å². The molecule has 228 valence electrons. The minimum Gasteiger partial charge on any atom is -0.292 e. The second-order valence-electron chi connectivity index (χ2n) is 12.1. The van der Waals surface area contributed by atoms with Crippen molar-refractivity contribution in [3.63, 3.8) is 0 Å². The van der Waals surface area contributed by atoms with E-state index in [1.165, 1.54) is 20.2 Å². The van der Waals surface area contributed by atoms with E-state index < -0.39 is 0 Å². The lowest BCUT2D eigenvalue weighted by atomic mass is 10.1. The van der Waals surface area contributed by atoms with Crippen LogP contribution in [-0.2, 0) is 0 Å². The summed E-state index contributed by atoms with van der Waals surface area (Å²) in [5, 5.41) is 6.75. The van der Waals surface area contributed by atoms with Gasteiger partial charge in [-0.3, -0.25) is 9.55 Å². The fraction of sp³-hybridized carbons (Fsp3) is 0. The molecule has 6 heterocycles. The summed E-state index contributed by atoms with van der Waals surface area (Å²) in [6.45, 7) is 0. The Hall–Kier alpha value is -6.09. The zero-order valence-electron chi connectivity index (χ0n) is 25.7. The number of benzene rings is 5. The minimum absolute atomic E-state index is 0.689. The Bertz CT molecular complexity index is 3110. The van der Waals surface area contributed by atoms with E-state index >= 15 is 0 Å². The topological polar surface area (TPSA) is 69.4 Å². The summed E-state index contributed by atoms with van der Waals surface area (Å²) in [5.74, 6) is 1.51. The van der Waals surface area contributed by atoms with Crippen LogP contribution in [0.25, 0.3) is 102 Å². The van der Waals surface area contributed by atoms with E-state index in [-0.39, 0.29) is 0 Å². The molecule has 0 radical (unpaired) electrons. The molecule has 0 aliphatic heterocycles. The Kier molecular flexibility index (Phi) is 5.61. The molecule has 6 nitrogen and oxygen atoms in total. The maximum absolute atomic E-state index is 5.17. The van der Waals surface area contributed by atoms with E-state index in [0.717, 1.165) is 75.8 Å². The molecule has 0 aliphatic carbocycles. The van der Waals surface area contributed by atoms with Gasteiger partial charge in [-0.1, -0.05) is 103 Å². The zero-order chi connectivity index (χ0) is 32.1. The molecular formula is C41H22N6S2. The number of fused-ring (bicyclic) bond motifs is 12. The van der Waals surface area contributed by atoms with Gasteiger partial charge in [0.25, 0.3) is 0 Å². The summed E-state index contributed by atoms with van der Waals surface area (Å²) in [6.07, 6.45) is 3.71. The summed E-state index contributed by atoms with van der Waals surface area (Å²) in [5.41, 5.74) is 6.86. The first-order chi connectivity index (χ1) is 24.3. The highest BCUT2D eigenvalue weighted by Crippen LogP contribution is 2.45. The Morgan fingerprint density at radius 2 is 1.24 bits per heavy atom. The average molecular weight is 663 g/mol. The van der Waals surface area contributed by atoms with Crippen molar-refractivity contribution < 1.29 is 0 Å². The first-order valence-corrected chi connectivity index (χ1v) is 17.6. The van der Waals surface area contributed by atoms with Gasteiger partial charge in [0.05, 0.1) is 42.5 Å². The molecule has 0 aliphatic rings. The van der Waals surface area contributed by atoms with E-state index in [1.807, 2.05) is 42.6 Å². The molecule has 6 aromatic heterocycles.